The molecular formula is C11H15ClNO+. The van der Waals surface area contributed by atoms with Crippen LogP contribution in [0.5, 0.6) is 0 Å². The zero-order valence-corrected chi connectivity index (χ0v) is 9.45. The molecular weight excluding hydrogens is 198 g/mol. The molecule has 0 amide bonds. The van der Waals surface area contributed by atoms with Crippen LogP contribution in [0.15, 0.2) is 30.3 Å². The van der Waals surface area contributed by atoms with E-state index < -0.39 is 0 Å². The summed E-state index contributed by atoms with van der Waals surface area (Å²) in [5.74, 6) is 0. The number of rotatable bonds is 3. The SMILES string of the molecule is C[N+](C)(C)C(C(=O)Cl)c1ccccc1. The van der Waals surface area contributed by atoms with Gasteiger partial charge in [-0.2, -0.15) is 0 Å². The normalized spacial score (nSPS) is 13.7. The smallest absolute Gasteiger partial charge is 0.284 e. The molecule has 1 atom stereocenters. The van der Waals surface area contributed by atoms with Gasteiger partial charge in [0, 0.05) is 5.56 Å². The van der Waals surface area contributed by atoms with Gasteiger partial charge in [-0.25, -0.2) is 0 Å². The Morgan fingerprint density at radius 3 is 2.07 bits per heavy atom. The van der Waals surface area contributed by atoms with Gasteiger partial charge in [0.2, 0.25) is 0 Å². The molecule has 0 bridgehead atoms. The van der Waals surface area contributed by atoms with Crippen LogP contribution in [-0.4, -0.2) is 30.9 Å². The van der Waals surface area contributed by atoms with Crippen LogP contribution in [-0.2, 0) is 4.79 Å². The van der Waals surface area contributed by atoms with E-state index in [1.807, 2.05) is 51.5 Å². The Morgan fingerprint density at radius 1 is 1.21 bits per heavy atom. The Morgan fingerprint density at radius 2 is 1.71 bits per heavy atom. The van der Waals surface area contributed by atoms with Gasteiger partial charge in [0.1, 0.15) is 0 Å². The molecule has 0 spiro atoms. The van der Waals surface area contributed by atoms with Crippen molar-refractivity contribution in [3.05, 3.63) is 35.9 Å². The molecule has 0 saturated carbocycles. The summed E-state index contributed by atoms with van der Waals surface area (Å²) in [6, 6.07) is 9.31. The summed E-state index contributed by atoms with van der Waals surface area (Å²) in [6.07, 6.45) is 0. The number of benzene rings is 1. The molecule has 0 aromatic heterocycles. The highest BCUT2D eigenvalue weighted by atomic mass is 35.5. The molecule has 1 unspecified atom stereocenters. The third-order valence-corrected chi connectivity index (χ3v) is 2.31. The molecule has 1 aromatic carbocycles. The Labute approximate surface area is 89.7 Å². The zero-order chi connectivity index (χ0) is 10.8. The van der Waals surface area contributed by atoms with Gasteiger partial charge < -0.3 is 4.48 Å². The lowest BCUT2D eigenvalue weighted by atomic mass is 10.1. The molecule has 0 fully saturated rings. The molecule has 0 aliphatic heterocycles. The van der Waals surface area contributed by atoms with Gasteiger partial charge in [0.05, 0.1) is 21.1 Å². The first-order chi connectivity index (χ1) is 6.43. The minimum atomic E-state index is -0.316. The maximum Gasteiger partial charge on any atom is 0.284 e. The second kappa shape index (κ2) is 4.11. The number of halogens is 1. The first kappa shape index (κ1) is 11.2. The highest BCUT2D eigenvalue weighted by molar-refractivity contribution is 6.64. The molecule has 0 aliphatic carbocycles. The number of likely N-dealkylation sites (N-methyl/N-ethyl adjacent to an activating group) is 1. The summed E-state index contributed by atoms with van der Waals surface area (Å²) in [5, 5.41) is -0.316. The summed E-state index contributed by atoms with van der Waals surface area (Å²) in [7, 11) is 5.87. The largest absolute Gasteiger partial charge is 0.317 e. The van der Waals surface area contributed by atoms with Crippen molar-refractivity contribution >= 4 is 16.8 Å². The van der Waals surface area contributed by atoms with Crippen molar-refractivity contribution in [3.63, 3.8) is 0 Å². The van der Waals surface area contributed by atoms with Crippen molar-refractivity contribution < 1.29 is 9.28 Å². The molecule has 14 heavy (non-hydrogen) atoms. The molecule has 76 valence electrons. The molecule has 2 nitrogen and oxygen atoms in total. The number of carbonyl (C=O) groups excluding carboxylic acids is 1. The third-order valence-electron chi connectivity index (χ3n) is 2.10. The van der Waals surface area contributed by atoms with E-state index in [-0.39, 0.29) is 11.3 Å². The molecule has 0 saturated heterocycles. The van der Waals surface area contributed by atoms with Crippen LogP contribution in [0.25, 0.3) is 0 Å². The van der Waals surface area contributed by atoms with Crippen LogP contribution in [0.4, 0.5) is 0 Å². The minimum absolute atomic E-state index is 0.294. The first-order valence-electron chi connectivity index (χ1n) is 4.48. The molecule has 1 aromatic rings. The second-order valence-corrected chi connectivity index (χ2v) is 4.61. The predicted octanol–water partition coefficient (Wildman–Crippen LogP) is 2.20. The summed E-state index contributed by atoms with van der Waals surface area (Å²) >= 11 is 5.61. The number of carbonyl (C=O) groups is 1. The van der Waals surface area contributed by atoms with Crippen LogP contribution in [0, 0.1) is 0 Å². The summed E-state index contributed by atoms with van der Waals surface area (Å²) < 4.78 is 0.506. The standard InChI is InChI=1S/C11H15ClNO/c1-13(2,3)10(11(12)14)9-7-5-4-6-8-9/h4-8,10H,1-3H3/q+1. The van der Waals surface area contributed by atoms with E-state index >= 15 is 0 Å². The lowest BCUT2D eigenvalue weighted by Crippen LogP contribution is -2.41. The van der Waals surface area contributed by atoms with Gasteiger partial charge in [-0.05, 0) is 11.6 Å². The van der Waals surface area contributed by atoms with Crippen molar-refractivity contribution in [2.24, 2.45) is 0 Å². The van der Waals surface area contributed by atoms with Crippen LogP contribution in [0.2, 0.25) is 0 Å². The maximum atomic E-state index is 11.3. The van der Waals surface area contributed by atoms with E-state index in [9.17, 15) is 4.79 Å². The third kappa shape index (κ3) is 2.56. The lowest BCUT2D eigenvalue weighted by molar-refractivity contribution is -0.891. The molecule has 3 heteroatoms. The van der Waals surface area contributed by atoms with Crippen LogP contribution < -0.4 is 0 Å². The van der Waals surface area contributed by atoms with Crippen molar-refractivity contribution in [1.29, 1.82) is 0 Å². The number of hydrogen-bond donors (Lipinski definition) is 0. The average Bonchev–Trinajstić information content (AvgIpc) is 2.02. The Bertz CT molecular complexity index is 316. The quantitative estimate of drug-likeness (QED) is 0.555. The Kier molecular flexibility index (Phi) is 3.29. The first-order valence-corrected chi connectivity index (χ1v) is 4.86. The predicted molar refractivity (Wildman–Crippen MR) is 58.1 cm³/mol. The van der Waals surface area contributed by atoms with Crippen LogP contribution >= 0.6 is 11.6 Å². The fraction of sp³-hybridized carbons (Fsp3) is 0.364. The fourth-order valence-electron chi connectivity index (χ4n) is 1.52. The van der Waals surface area contributed by atoms with Gasteiger partial charge in [-0.3, -0.25) is 4.79 Å². The number of nitrogens with zero attached hydrogens (tertiary/aromatic N) is 1. The molecule has 0 aliphatic rings. The molecule has 0 heterocycles. The summed E-state index contributed by atoms with van der Waals surface area (Å²) in [6.45, 7) is 0. The van der Waals surface area contributed by atoms with E-state index in [0.717, 1.165) is 5.56 Å². The molecule has 1 rings (SSSR count). The molecule has 0 N–H and O–H groups in total. The second-order valence-electron chi connectivity index (χ2n) is 4.23. The van der Waals surface area contributed by atoms with Gasteiger partial charge in [-0.1, -0.05) is 30.3 Å². The van der Waals surface area contributed by atoms with Crippen molar-refractivity contribution in [1.82, 2.24) is 0 Å². The van der Waals surface area contributed by atoms with Gasteiger partial charge >= 0.3 is 0 Å². The van der Waals surface area contributed by atoms with Gasteiger partial charge in [0.15, 0.2) is 6.04 Å². The fourth-order valence-corrected chi connectivity index (χ4v) is 1.94. The lowest BCUT2D eigenvalue weighted by Gasteiger charge is -2.31. The number of hydrogen-bond acceptors (Lipinski definition) is 1. The zero-order valence-electron chi connectivity index (χ0n) is 8.70. The molecule has 0 radical (unpaired) electrons. The van der Waals surface area contributed by atoms with E-state index in [0.29, 0.717) is 4.48 Å². The average molecular weight is 213 g/mol. The highest BCUT2D eigenvalue weighted by Gasteiger charge is 2.31. The Hall–Kier alpha value is -0.860. The van der Waals surface area contributed by atoms with Crippen LogP contribution in [0.3, 0.4) is 0 Å². The van der Waals surface area contributed by atoms with E-state index in [4.69, 9.17) is 11.6 Å². The van der Waals surface area contributed by atoms with Crippen molar-refractivity contribution in [3.8, 4) is 0 Å². The van der Waals surface area contributed by atoms with Gasteiger partial charge in [-0.15, -0.1) is 0 Å². The van der Waals surface area contributed by atoms with Gasteiger partial charge in [0.25, 0.3) is 5.24 Å². The maximum absolute atomic E-state index is 11.3. The monoisotopic (exact) mass is 212 g/mol. The van der Waals surface area contributed by atoms with Crippen molar-refractivity contribution in [2.75, 3.05) is 21.1 Å². The van der Waals surface area contributed by atoms with Crippen molar-refractivity contribution in [2.45, 2.75) is 6.04 Å². The summed E-state index contributed by atoms with van der Waals surface area (Å²) in [4.78, 5) is 11.3. The highest BCUT2D eigenvalue weighted by Crippen LogP contribution is 2.25. The Balaban J connectivity index is 3.08. The topological polar surface area (TPSA) is 17.1 Å². The van der Waals surface area contributed by atoms with E-state index in [2.05, 4.69) is 0 Å². The van der Waals surface area contributed by atoms with E-state index in [1.165, 1.54) is 0 Å². The van der Waals surface area contributed by atoms with E-state index in [1.54, 1.807) is 0 Å². The van der Waals surface area contributed by atoms with Crippen LogP contribution in [0.1, 0.15) is 11.6 Å². The number of quaternary nitrogens is 1. The minimum Gasteiger partial charge on any atom is -0.317 e. The summed E-state index contributed by atoms with van der Waals surface area (Å²) in [5.41, 5.74) is 0.958.